The molecule has 0 N–H and O–H groups in total. The van der Waals surface area contributed by atoms with Crippen LogP contribution in [0.5, 0.6) is 5.75 Å². The van der Waals surface area contributed by atoms with E-state index in [0.29, 0.717) is 5.89 Å². The fourth-order valence-corrected chi connectivity index (χ4v) is 4.99. The molecule has 1 aromatic heterocycles. The topological polar surface area (TPSA) is 51.4 Å². The highest BCUT2D eigenvalue weighted by Gasteiger charge is 2.56. The van der Waals surface area contributed by atoms with Crippen molar-refractivity contribution >= 4 is 0 Å². The summed E-state index contributed by atoms with van der Waals surface area (Å²) in [5.41, 5.74) is 0.907. The zero-order chi connectivity index (χ0) is 15.4. The molecule has 2 saturated carbocycles. The van der Waals surface area contributed by atoms with Gasteiger partial charge in [-0.05, 0) is 55.2 Å². The van der Waals surface area contributed by atoms with E-state index in [2.05, 4.69) is 15.1 Å². The van der Waals surface area contributed by atoms with E-state index in [0.717, 1.165) is 47.5 Å². The maximum atomic E-state index is 5.88. The van der Waals surface area contributed by atoms with Crippen molar-refractivity contribution in [1.29, 1.82) is 0 Å². The molecule has 4 atom stereocenters. The molecule has 2 aromatic rings. The third-order valence-corrected chi connectivity index (χ3v) is 6.03. The summed E-state index contributed by atoms with van der Waals surface area (Å²) >= 11 is 0. The second-order valence-electron chi connectivity index (χ2n) is 7.15. The Labute approximate surface area is 135 Å². The van der Waals surface area contributed by atoms with Crippen molar-refractivity contribution in [2.75, 3.05) is 13.7 Å². The molecule has 5 heteroatoms. The number of nitrogens with zero attached hydrogens (tertiary/aromatic N) is 3. The molecule has 2 bridgehead atoms. The maximum Gasteiger partial charge on any atom is 0.247 e. The number of ether oxygens (including phenoxy) is 1. The lowest BCUT2D eigenvalue weighted by atomic mass is 9.77. The molecule has 23 heavy (non-hydrogen) atoms. The first-order valence-corrected chi connectivity index (χ1v) is 8.52. The molecular weight excluding hydrogens is 290 g/mol. The van der Waals surface area contributed by atoms with Crippen molar-refractivity contribution in [1.82, 2.24) is 15.1 Å². The van der Waals surface area contributed by atoms with Crippen LogP contribution in [-0.2, 0) is 6.54 Å². The second-order valence-corrected chi connectivity index (χ2v) is 7.15. The Morgan fingerprint density at radius 1 is 1.26 bits per heavy atom. The maximum absolute atomic E-state index is 5.88. The van der Waals surface area contributed by atoms with Crippen LogP contribution in [0, 0.1) is 17.8 Å². The molecule has 2 heterocycles. The third-order valence-electron chi connectivity index (χ3n) is 6.03. The highest BCUT2D eigenvalue weighted by molar-refractivity contribution is 5.55. The molecule has 1 aliphatic heterocycles. The Bertz CT molecular complexity index is 727. The Balaban J connectivity index is 1.31. The van der Waals surface area contributed by atoms with Gasteiger partial charge in [0.1, 0.15) is 5.75 Å². The highest BCUT2D eigenvalue weighted by atomic mass is 16.5. The minimum absolute atomic E-state index is 0.573. The van der Waals surface area contributed by atoms with Crippen molar-refractivity contribution in [3.63, 3.8) is 0 Å². The van der Waals surface area contributed by atoms with Gasteiger partial charge in [0.05, 0.1) is 13.7 Å². The SMILES string of the molecule is COc1cccc(-c2nnc(CN3C[C@@H]4[C@H]5CC[C@@H](C5)[C@@H]43)o2)c1. The summed E-state index contributed by atoms with van der Waals surface area (Å²) in [5.74, 6) is 4.95. The normalized spacial score (nSPS) is 31.9. The Morgan fingerprint density at radius 2 is 2.17 bits per heavy atom. The van der Waals surface area contributed by atoms with Crippen LogP contribution in [0.4, 0.5) is 0 Å². The Morgan fingerprint density at radius 3 is 3.04 bits per heavy atom. The Hall–Kier alpha value is -1.88. The lowest BCUT2D eigenvalue weighted by molar-refractivity contribution is -0.0332. The van der Waals surface area contributed by atoms with Gasteiger partial charge in [0.15, 0.2) is 0 Å². The summed E-state index contributed by atoms with van der Waals surface area (Å²) in [5, 5.41) is 8.45. The average Bonchev–Trinajstić information content (AvgIpc) is 3.25. The molecule has 3 fully saturated rings. The molecule has 0 radical (unpaired) electrons. The van der Waals surface area contributed by atoms with Crippen LogP contribution in [-0.4, -0.2) is 34.8 Å². The summed E-state index contributed by atoms with van der Waals surface area (Å²) < 4.78 is 11.1. The van der Waals surface area contributed by atoms with Crippen LogP contribution in [0.1, 0.15) is 25.2 Å². The van der Waals surface area contributed by atoms with Crippen LogP contribution >= 0.6 is 0 Å². The van der Waals surface area contributed by atoms with Gasteiger partial charge >= 0.3 is 0 Å². The molecular formula is C18H21N3O2. The quantitative estimate of drug-likeness (QED) is 0.869. The zero-order valence-corrected chi connectivity index (χ0v) is 13.3. The van der Waals surface area contributed by atoms with Gasteiger partial charge in [-0.1, -0.05) is 6.07 Å². The van der Waals surface area contributed by atoms with E-state index >= 15 is 0 Å². The predicted molar refractivity (Wildman–Crippen MR) is 84.8 cm³/mol. The van der Waals surface area contributed by atoms with E-state index in [1.54, 1.807) is 7.11 Å². The molecule has 0 spiro atoms. The largest absolute Gasteiger partial charge is 0.497 e. The van der Waals surface area contributed by atoms with E-state index < -0.39 is 0 Å². The van der Waals surface area contributed by atoms with Crippen LogP contribution in [0.3, 0.4) is 0 Å². The molecule has 5 rings (SSSR count). The fourth-order valence-electron chi connectivity index (χ4n) is 4.99. The Kier molecular flexibility index (Phi) is 2.98. The van der Waals surface area contributed by atoms with Gasteiger partial charge in [0.25, 0.3) is 0 Å². The van der Waals surface area contributed by atoms with E-state index in [1.807, 2.05) is 24.3 Å². The number of fused-ring (bicyclic) bond motifs is 5. The molecule has 3 aliphatic rings. The number of methoxy groups -OCH3 is 1. The van der Waals surface area contributed by atoms with Crippen molar-refractivity contribution in [3.8, 4) is 17.2 Å². The highest BCUT2D eigenvalue weighted by Crippen LogP contribution is 2.55. The number of benzene rings is 1. The van der Waals surface area contributed by atoms with Crippen LogP contribution < -0.4 is 4.74 Å². The number of hydrogen-bond acceptors (Lipinski definition) is 5. The van der Waals surface area contributed by atoms with Crippen LogP contribution in [0.2, 0.25) is 0 Å². The predicted octanol–water partition coefficient (Wildman–Crippen LogP) is 2.98. The van der Waals surface area contributed by atoms with Gasteiger partial charge in [-0.25, -0.2) is 0 Å². The lowest BCUT2D eigenvalue weighted by Crippen LogP contribution is -2.58. The van der Waals surface area contributed by atoms with Gasteiger partial charge in [-0.2, -0.15) is 0 Å². The molecule has 1 saturated heterocycles. The van der Waals surface area contributed by atoms with E-state index in [9.17, 15) is 0 Å². The molecule has 0 unspecified atom stereocenters. The standard InChI is InChI=1S/C18H21N3O2/c1-22-14-4-2-3-13(8-14)18-20-19-16(23-18)10-21-9-15-11-5-6-12(7-11)17(15)21/h2-4,8,11-12,15,17H,5-7,9-10H2,1H3/t11-,12-,15+,17-/m0/s1. The number of rotatable bonds is 4. The van der Waals surface area contributed by atoms with Crippen LogP contribution in [0.25, 0.3) is 11.5 Å². The number of hydrogen-bond donors (Lipinski definition) is 0. The van der Waals surface area contributed by atoms with E-state index in [1.165, 1.54) is 25.8 Å². The van der Waals surface area contributed by atoms with Crippen LogP contribution in [0.15, 0.2) is 28.7 Å². The first-order valence-electron chi connectivity index (χ1n) is 8.52. The summed E-state index contributed by atoms with van der Waals surface area (Å²) in [6.07, 6.45) is 4.33. The van der Waals surface area contributed by atoms with Crippen molar-refractivity contribution in [2.24, 2.45) is 17.8 Å². The summed E-state index contributed by atoms with van der Waals surface area (Å²) in [6, 6.07) is 8.52. The van der Waals surface area contributed by atoms with Crippen molar-refractivity contribution < 1.29 is 9.15 Å². The first-order chi connectivity index (χ1) is 11.3. The van der Waals surface area contributed by atoms with E-state index in [4.69, 9.17) is 9.15 Å². The minimum atomic E-state index is 0.573. The minimum Gasteiger partial charge on any atom is -0.497 e. The molecule has 5 nitrogen and oxygen atoms in total. The summed E-state index contributed by atoms with van der Waals surface area (Å²) in [4.78, 5) is 2.54. The van der Waals surface area contributed by atoms with E-state index in [-0.39, 0.29) is 0 Å². The molecule has 120 valence electrons. The van der Waals surface area contributed by atoms with Crippen molar-refractivity contribution in [2.45, 2.75) is 31.8 Å². The first kappa shape index (κ1) is 13.5. The molecule has 0 amide bonds. The van der Waals surface area contributed by atoms with Gasteiger partial charge in [0.2, 0.25) is 11.8 Å². The molecule has 2 aliphatic carbocycles. The molecule has 1 aromatic carbocycles. The third kappa shape index (κ3) is 2.10. The van der Waals surface area contributed by atoms with Gasteiger partial charge < -0.3 is 9.15 Å². The summed E-state index contributed by atoms with van der Waals surface area (Å²) in [6.45, 7) is 2.00. The lowest BCUT2D eigenvalue weighted by Gasteiger charge is -2.50. The van der Waals surface area contributed by atoms with Gasteiger partial charge in [-0.3, -0.25) is 4.90 Å². The van der Waals surface area contributed by atoms with Gasteiger partial charge in [-0.15, -0.1) is 10.2 Å². The number of likely N-dealkylation sites (tertiary alicyclic amines) is 1. The monoisotopic (exact) mass is 311 g/mol. The van der Waals surface area contributed by atoms with Crippen molar-refractivity contribution in [3.05, 3.63) is 30.2 Å². The second kappa shape index (κ2) is 5.06. The summed E-state index contributed by atoms with van der Waals surface area (Å²) in [7, 11) is 1.66. The number of aromatic nitrogens is 2. The van der Waals surface area contributed by atoms with Gasteiger partial charge in [0, 0.05) is 18.2 Å². The fraction of sp³-hybridized carbons (Fsp3) is 0.556. The smallest absolute Gasteiger partial charge is 0.247 e. The zero-order valence-electron chi connectivity index (χ0n) is 13.3. The average molecular weight is 311 g/mol.